The SMILES string of the molecule is CCCCCCCCCCCCCCCCCCOCC(COC(=O)c1ccccc1)[N+](C)(C)C. The number of rotatable bonds is 23. The van der Waals surface area contributed by atoms with Crippen molar-refractivity contribution < 1.29 is 18.8 Å². The Morgan fingerprint density at radius 3 is 1.60 bits per heavy atom. The molecule has 0 radical (unpaired) electrons. The zero-order valence-corrected chi connectivity index (χ0v) is 23.6. The minimum absolute atomic E-state index is 0.128. The summed E-state index contributed by atoms with van der Waals surface area (Å²) in [7, 11) is 6.37. The molecule has 1 atom stereocenters. The van der Waals surface area contributed by atoms with E-state index >= 15 is 0 Å². The normalized spacial score (nSPS) is 12.6. The zero-order chi connectivity index (χ0) is 25.6. The van der Waals surface area contributed by atoms with Crippen molar-refractivity contribution in [2.24, 2.45) is 0 Å². The number of carbonyl (C=O) groups excluding carboxylic acids is 1. The van der Waals surface area contributed by atoms with Crippen LogP contribution in [0.1, 0.15) is 120 Å². The molecule has 1 aromatic carbocycles. The van der Waals surface area contributed by atoms with Crippen LogP contribution in [-0.4, -0.2) is 57.5 Å². The summed E-state index contributed by atoms with van der Waals surface area (Å²) in [5.74, 6) is -0.262. The van der Waals surface area contributed by atoms with E-state index < -0.39 is 0 Å². The van der Waals surface area contributed by atoms with E-state index in [0.717, 1.165) is 13.0 Å². The van der Waals surface area contributed by atoms with Crippen LogP contribution in [0.3, 0.4) is 0 Å². The van der Waals surface area contributed by atoms with E-state index in [1.165, 1.54) is 96.3 Å². The van der Waals surface area contributed by atoms with Crippen molar-refractivity contribution in [1.82, 2.24) is 0 Å². The molecule has 0 saturated heterocycles. The van der Waals surface area contributed by atoms with Crippen LogP contribution in [0.15, 0.2) is 30.3 Å². The first kappa shape index (κ1) is 31.6. The molecule has 4 nitrogen and oxygen atoms in total. The second-order valence-corrected chi connectivity index (χ2v) is 11.1. The van der Waals surface area contributed by atoms with Crippen LogP contribution in [0, 0.1) is 0 Å². The number of carbonyl (C=O) groups is 1. The second kappa shape index (κ2) is 20.8. The van der Waals surface area contributed by atoms with Gasteiger partial charge < -0.3 is 14.0 Å². The number of unbranched alkanes of at least 4 members (excludes halogenated alkanes) is 15. The van der Waals surface area contributed by atoms with Gasteiger partial charge in [-0.15, -0.1) is 0 Å². The number of likely N-dealkylation sites (N-methyl/N-ethyl adjacent to an activating group) is 1. The summed E-state index contributed by atoms with van der Waals surface area (Å²) < 4.78 is 12.3. The average Bonchev–Trinajstić information content (AvgIpc) is 2.84. The van der Waals surface area contributed by atoms with Crippen molar-refractivity contribution >= 4 is 5.97 Å². The number of ether oxygens (including phenoxy) is 2. The maximum atomic E-state index is 12.2. The summed E-state index contributed by atoms with van der Waals surface area (Å²) in [6, 6.07) is 9.32. The van der Waals surface area contributed by atoms with Crippen LogP contribution in [0.2, 0.25) is 0 Å². The maximum absolute atomic E-state index is 12.2. The highest BCUT2D eigenvalue weighted by Crippen LogP contribution is 2.14. The van der Waals surface area contributed by atoms with Gasteiger partial charge in [-0.3, -0.25) is 0 Å². The predicted molar refractivity (Wildman–Crippen MR) is 149 cm³/mol. The quantitative estimate of drug-likeness (QED) is 0.0881. The molecule has 0 aliphatic carbocycles. The molecule has 1 aromatic rings. The standard InChI is InChI=1S/C31H56NO3/c1-5-6-7-8-9-10-11-12-13-14-15-16-17-18-19-23-26-34-27-30(32(2,3)4)28-35-31(33)29-24-21-20-22-25-29/h20-22,24-25,30H,5-19,23,26-28H2,1-4H3/q+1. The van der Waals surface area contributed by atoms with Crippen LogP contribution in [0.5, 0.6) is 0 Å². The van der Waals surface area contributed by atoms with Crippen LogP contribution < -0.4 is 0 Å². The highest BCUT2D eigenvalue weighted by atomic mass is 16.5. The van der Waals surface area contributed by atoms with E-state index in [9.17, 15) is 4.79 Å². The van der Waals surface area contributed by atoms with Crippen LogP contribution in [0.25, 0.3) is 0 Å². The molecule has 1 rings (SSSR count). The van der Waals surface area contributed by atoms with E-state index in [2.05, 4.69) is 28.1 Å². The molecule has 0 heterocycles. The van der Waals surface area contributed by atoms with E-state index in [0.29, 0.717) is 23.3 Å². The molecule has 0 aliphatic rings. The number of hydrogen-bond acceptors (Lipinski definition) is 3. The lowest BCUT2D eigenvalue weighted by molar-refractivity contribution is -0.896. The van der Waals surface area contributed by atoms with E-state index in [-0.39, 0.29) is 12.0 Å². The first-order valence-corrected chi connectivity index (χ1v) is 14.6. The summed E-state index contributed by atoms with van der Waals surface area (Å²) in [6.07, 6.45) is 22.1. The van der Waals surface area contributed by atoms with Gasteiger partial charge in [0, 0.05) is 6.61 Å². The van der Waals surface area contributed by atoms with Gasteiger partial charge in [0.25, 0.3) is 0 Å². The molecule has 0 saturated carbocycles. The van der Waals surface area contributed by atoms with Gasteiger partial charge in [-0.05, 0) is 18.6 Å². The van der Waals surface area contributed by atoms with Crippen molar-refractivity contribution in [1.29, 1.82) is 0 Å². The number of esters is 1. The molecular weight excluding hydrogens is 434 g/mol. The Morgan fingerprint density at radius 1 is 0.686 bits per heavy atom. The lowest BCUT2D eigenvalue weighted by Crippen LogP contribution is -2.50. The Bertz CT molecular complexity index is 611. The lowest BCUT2D eigenvalue weighted by atomic mass is 10.0. The van der Waals surface area contributed by atoms with Gasteiger partial charge in [-0.1, -0.05) is 121 Å². The summed E-state index contributed by atoms with van der Waals surface area (Å²) in [5, 5.41) is 0. The van der Waals surface area contributed by atoms with Gasteiger partial charge in [0.2, 0.25) is 0 Å². The number of quaternary nitrogens is 1. The number of hydrogen-bond donors (Lipinski definition) is 0. The minimum atomic E-state index is -0.262. The summed E-state index contributed by atoms with van der Waals surface area (Å²) >= 11 is 0. The molecule has 1 unspecified atom stereocenters. The molecule has 0 N–H and O–H groups in total. The van der Waals surface area contributed by atoms with Crippen molar-refractivity contribution in [3.05, 3.63) is 35.9 Å². The molecule has 0 amide bonds. The van der Waals surface area contributed by atoms with Gasteiger partial charge >= 0.3 is 5.97 Å². The third-order valence-corrected chi connectivity index (χ3v) is 6.96. The van der Waals surface area contributed by atoms with Gasteiger partial charge in [0.1, 0.15) is 19.3 Å². The Labute approximate surface area is 217 Å². The van der Waals surface area contributed by atoms with Gasteiger partial charge in [-0.25, -0.2) is 4.79 Å². The molecule has 0 aliphatic heterocycles. The average molecular weight is 491 g/mol. The minimum Gasteiger partial charge on any atom is -0.456 e. The molecular formula is C31H56NO3+. The van der Waals surface area contributed by atoms with Crippen LogP contribution >= 0.6 is 0 Å². The molecule has 0 aromatic heterocycles. The summed E-state index contributed by atoms with van der Waals surface area (Å²) in [4.78, 5) is 12.2. The smallest absolute Gasteiger partial charge is 0.338 e. The maximum Gasteiger partial charge on any atom is 0.338 e. The highest BCUT2D eigenvalue weighted by Gasteiger charge is 2.26. The van der Waals surface area contributed by atoms with E-state index in [1.807, 2.05) is 18.2 Å². The molecule has 0 fully saturated rings. The fourth-order valence-corrected chi connectivity index (χ4v) is 4.30. The van der Waals surface area contributed by atoms with Gasteiger partial charge in [0.15, 0.2) is 0 Å². The third kappa shape index (κ3) is 17.6. The Balaban J connectivity index is 1.96. The van der Waals surface area contributed by atoms with Crippen LogP contribution in [-0.2, 0) is 9.47 Å². The van der Waals surface area contributed by atoms with Gasteiger partial charge in [0.05, 0.1) is 26.7 Å². The fourth-order valence-electron chi connectivity index (χ4n) is 4.30. The number of benzene rings is 1. The number of nitrogens with zero attached hydrogens (tertiary/aromatic N) is 1. The van der Waals surface area contributed by atoms with Crippen LogP contribution in [0.4, 0.5) is 0 Å². The topological polar surface area (TPSA) is 35.5 Å². The Kier molecular flexibility index (Phi) is 18.8. The Hall–Kier alpha value is -1.39. The lowest BCUT2D eigenvalue weighted by Gasteiger charge is -2.33. The first-order valence-electron chi connectivity index (χ1n) is 14.6. The van der Waals surface area contributed by atoms with E-state index in [1.54, 1.807) is 12.1 Å². The molecule has 0 spiro atoms. The third-order valence-electron chi connectivity index (χ3n) is 6.96. The van der Waals surface area contributed by atoms with Crippen molar-refractivity contribution in [2.75, 3.05) is 41.0 Å². The Morgan fingerprint density at radius 2 is 1.14 bits per heavy atom. The van der Waals surface area contributed by atoms with Crippen molar-refractivity contribution in [3.63, 3.8) is 0 Å². The molecule has 35 heavy (non-hydrogen) atoms. The highest BCUT2D eigenvalue weighted by molar-refractivity contribution is 5.89. The van der Waals surface area contributed by atoms with Crippen molar-refractivity contribution in [3.8, 4) is 0 Å². The fraction of sp³-hybridized carbons (Fsp3) is 0.774. The summed E-state index contributed by atoms with van der Waals surface area (Å²) in [5.41, 5.74) is 0.599. The van der Waals surface area contributed by atoms with E-state index in [4.69, 9.17) is 9.47 Å². The first-order chi connectivity index (χ1) is 16.9. The monoisotopic (exact) mass is 490 g/mol. The largest absolute Gasteiger partial charge is 0.456 e. The molecule has 4 heteroatoms. The zero-order valence-electron chi connectivity index (χ0n) is 23.6. The predicted octanol–water partition coefficient (Wildman–Crippen LogP) is 8.20. The second-order valence-electron chi connectivity index (χ2n) is 11.1. The molecule has 202 valence electrons. The van der Waals surface area contributed by atoms with Gasteiger partial charge in [-0.2, -0.15) is 0 Å². The summed E-state index contributed by atoms with van der Waals surface area (Å²) in [6.45, 7) is 4.07. The molecule has 0 bridgehead atoms. The van der Waals surface area contributed by atoms with Crippen molar-refractivity contribution in [2.45, 2.75) is 116 Å².